The number of hydrogen-bond donors (Lipinski definition) is 3. The molecule has 0 radical (unpaired) electrons. The Labute approximate surface area is 153 Å². The number of aliphatic hydroxyl groups is 1. The van der Waals surface area contributed by atoms with Crippen LogP contribution in [0, 0.1) is 5.92 Å². The van der Waals surface area contributed by atoms with E-state index in [9.17, 15) is 14.7 Å². The second kappa shape index (κ2) is 8.47. The first-order chi connectivity index (χ1) is 12.6. The number of carbonyl (C=O) groups is 2. The highest BCUT2D eigenvalue weighted by molar-refractivity contribution is 5.81. The lowest BCUT2D eigenvalue weighted by molar-refractivity contribution is -0.129. The first-order valence-electron chi connectivity index (χ1n) is 9.16. The SMILES string of the molecule is C[C@H](NC(=O)C[C@@H]1C=C[C@@H](NC(=O)C2CC2)[C@@H](CO)O1)c1ccccc1. The van der Waals surface area contributed by atoms with Gasteiger partial charge in [-0.1, -0.05) is 42.5 Å². The van der Waals surface area contributed by atoms with Gasteiger partial charge in [0, 0.05) is 5.92 Å². The Morgan fingerprint density at radius 1 is 1.23 bits per heavy atom. The maximum atomic E-state index is 12.3. The molecule has 1 saturated carbocycles. The van der Waals surface area contributed by atoms with Crippen LogP contribution in [0.4, 0.5) is 0 Å². The quantitative estimate of drug-likeness (QED) is 0.644. The number of hydrogen-bond acceptors (Lipinski definition) is 4. The van der Waals surface area contributed by atoms with E-state index in [1.54, 1.807) is 6.08 Å². The topological polar surface area (TPSA) is 87.7 Å². The lowest BCUT2D eigenvalue weighted by Gasteiger charge is -2.32. The summed E-state index contributed by atoms with van der Waals surface area (Å²) in [5.41, 5.74) is 1.04. The minimum Gasteiger partial charge on any atom is -0.394 e. The van der Waals surface area contributed by atoms with E-state index in [4.69, 9.17) is 4.74 Å². The van der Waals surface area contributed by atoms with Gasteiger partial charge >= 0.3 is 0 Å². The van der Waals surface area contributed by atoms with Crippen molar-refractivity contribution in [2.24, 2.45) is 5.92 Å². The fourth-order valence-electron chi connectivity index (χ4n) is 3.07. The molecule has 1 heterocycles. The molecule has 1 aromatic carbocycles. The van der Waals surface area contributed by atoms with Crippen LogP contribution in [0.15, 0.2) is 42.5 Å². The molecule has 3 rings (SSSR count). The van der Waals surface area contributed by atoms with Crippen LogP contribution in [0.2, 0.25) is 0 Å². The smallest absolute Gasteiger partial charge is 0.223 e. The predicted molar refractivity (Wildman–Crippen MR) is 97.2 cm³/mol. The van der Waals surface area contributed by atoms with Gasteiger partial charge in [0.05, 0.1) is 31.2 Å². The highest BCUT2D eigenvalue weighted by Crippen LogP contribution is 2.29. The van der Waals surface area contributed by atoms with Crippen LogP contribution in [0.3, 0.4) is 0 Å². The summed E-state index contributed by atoms with van der Waals surface area (Å²) in [5.74, 6) is -0.00606. The van der Waals surface area contributed by atoms with Crippen LogP contribution in [-0.2, 0) is 14.3 Å². The molecule has 2 aliphatic rings. The predicted octanol–water partition coefficient (Wildman–Crippen LogP) is 1.46. The Kier molecular flexibility index (Phi) is 6.06. The molecule has 6 nitrogen and oxygen atoms in total. The van der Waals surface area contributed by atoms with Gasteiger partial charge in [0.1, 0.15) is 6.10 Å². The molecular weight excluding hydrogens is 332 g/mol. The molecule has 0 spiro atoms. The molecule has 1 aliphatic carbocycles. The van der Waals surface area contributed by atoms with Crippen molar-refractivity contribution in [3.05, 3.63) is 48.0 Å². The van der Waals surface area contributed by atoms with Gasteiger partial charge in [0.15, 0.2) is 0 Å². The third-order valence-electron chi connectivity index (χ3n) is 4.78. The maximum Gasteiger partial charge on any atom is 0.223 e. The van der Waals surface area contributed by atoms with Crippen molar-refractivity contribution in [3.63, 3.8) is 0 Å². The van der Waals surface area contributed by atoms with Gasteiger partial charge in [-0.05, 0) is 25.3 Å². The second-order valence-corrected chi connectivity index (χ2v) is 6.99. The molecule has 6 heteroatoms. The molecule has 26 heavy (non-hydrogen) atoms. The number of aliphatic hydroxyl groups excluding tert-OH is 1. The summed E-state index contributed by atoms with van der Waals surface area (Å²) >= 11 is 0. The lowest BCUT2D eigenvalue weighted by atomic mass is 10.0. The first-order valence-corrected chi connectivity index (χ1v) is 9.16. The van der Waals surface area contributed by atoms with Crippen LogP contribution in [0.1, 0.15) is 37.8 Å². The fourth-order valence-corrected chi connectivity index (χ4v) is 3.07. The average Bonchev–Trinajstić information content (AvgIpc) is 3.48. The van der Waals surface area contributed by atoms with Crippen LogP contribution in [0.25, 0.3) is 0 Å². The van der Waals surface area contributed by atoms with E-state index < -0.39 is 12.2 Å². The zero-order valence-corrected chi connectivity index (χ0v) is 14.9. The van der Waals surface area contributed by atoms with Crippen molar-refractivity contribution < 1.29 is 19.4 Å². The number of benzene rings is 1. The van der Waals surface area contributed by atoms with Crippen LogP contribution in [-0.4, -0.2) is 41.8 Å². The minimum atomic E-state index is -0.535. The van der Waals surface area contributed by atoms with E-state index >= 15 is 0 Å². The normalized spacial score (nSPS) is 26.2. The number of carbonyl (C=O) groups excluding carboxylic acids is 2. The van der Waals surface area contributed by atoms with E-state index in [1.807, 2.05) is 43.3 Å². The Hall–Kier alpha value is -2.18. The summed E-state index contributed by atoms with van der Waals surface area (Å²) in [6.45, 7) is 1.73. The van der Waals surface area contributed by atoms with Crippen LogP contribution < -0.4 is 10.6 Å². The van der Waals surface area contributed by atoms with Gasteiger partial charge in [0.2, 0.25) is 11.8 Å². The van der Waals surface area contributed by atoms with Crippen LogP contribution >= 0.6 is 0 Å². The molecule has 1 aliphatic heterocycles. The number of rotatable bonds is 7. The van der Waals surface area contributed by atoms with E-state index in [0.717, 1.165) is 18.4 Å². The van der Waals surface area contributed by atoms with Crippen LogP contribution in [0.5, 0.6) is 0 Å². The van der Waals surface area contributed by atoms with Gasteiger partial charge in [-0.2, -0.15) is 0 Å². The number of amides is 2. The molecule has 0 aromatic heterocycles. The van der Waals surface area contributed by atoms with E-state index in [1.165, 1.54) is 0 Å². The largest absolute Gasteiger partial charge is 0.394 e. The standard InChI is InChI=1S/C20H26N2O4/c1-13(14-5-3-2-4-6-14)21-19(24)11-16-9-10-17(18(12-23)26-16)22-20(25)15-7-8-15/h2-6,9-10,13,15-18,23H,7-8,11-12H2,1H3,(H,21,24)(H,22,25)/t13-,16-,17+,18+/m0/s1. The van der Waals surface area contributed by atoms with Gasteiger partial charge in [-0.3, -0.25) is 9.59 Å². The fraction of sp³-hybridized carbons (Fsp3) is 0.500. The summed E-state index contributed by atoms with van der Waals surface area (Å²) in [4.78, 5) is 24.2. The first kappa shape index (κ1) is 18.6. The van der Waals surface area contributed by atoms with Crippen molar-refractivity contribution in [3.8, 4) is 0 Å². The van der Waals surface area contributed by atoms with Gasteiger partial charge < -0.3 is 20.5 Å². The molecule has 0 saturated heterocycles. The molecule has 0 unspecified atom stereocenters. The number of ether oxygens (including phenoxy) is 1. The van der Waals surface area contributed by atoms with Gasteiger partial charge in [-0.25, -0.2) is 0 Å². The monoisotopic (exact) mass is 358 g/mol. The molecule has 4 atom stereocenters. The van der Waals surface area contributed by atoms with Crippen molar-refractivity contribution in [1.82, 2.24) is 10.6 Å². The summed E-state index contributed by atoms with van der Waals surface area (Å²) in [7, 11) is 0. The Morgan fingerprint density at radius 3 is 2.62 bits per heavy atom. The maximum absolute atomic E-state index is 12.3. The average molecular weight is 358 g/mol. The molecule has 140 valence electrons. The van der Waals surface area contributed by atoms with Crippen molar-refractivity contribution in [2.45, 2.75) is 50.5 Å². The van der Waals surface area contributed by atoms with E-state index in [0.29, 0.717) is 0 Å². The molecule has 0 bridgehead atoms. The third kappa shape index (κ3) is 4.93. The lowest BCUT2D eigenvalue weighted by Crippen LogP contribution is -2.49. The van der Waals surface area contributed by atoms with Crippen molar-refractivity contribution in [1.29, 1.82) is 0 Å². The summed E-state index contributed by atoms with van der Waals surface area (Å²) in [6.07, 6.45) is 4.69. The van der Waals surface area contributed by atoms with Gasteiger partial charge in [0.25, 0.3) is 0 Å². The highest BCUT2D eigenvalue weighted by Gasteiger charge is 2.34. The zero-order valence-electron chi connectivity index (χ0n) is 14.9. The highest BCUT2D eigenvalue weighted by atomic mass is 16.5. The van der Waals surface area contributed by atoms with E-state index in [2.05, 4.69) is 10.6 Å². The van der Waals surface area contributed by atoms with Crippen molar-refractivity contribution in [2.75, 3.05) is 6.61 Å². The Balaban J connectivity index is 1.51. The second-order valence-electron chi connectivity index (χ2n) is 6.99. The Bertz CT molecular complexity index is 657. The molecule has 1 fully saturated rings. The third-order valence-corrected chi connectivity index (χ3v) is 4.78. The van der Waals surface area contributed by atoms with Crippen molar-refractivity contribution >= 4 is 11.8 Å². The summed E-state index contributed by atoms with van der Waals surface area (Å²) < 4.78 is 5.79. The molecule has 1 aromatic rings. The van der Waals surface area contributed by atoms with E-state index in [-0.39, 0.29) is 42.8 Å². The molecule has 2 amide bonds. The molecular formula is C20H26N2O4. The minimum absolute atomic E-state index is 0.00887. The Morgan fingerprint density at radius 2 is 1.96 bits per heavy atom. The van der Waals surface area contributed by atoms with Gasteiger partial charge in [-0.15, -0.1) is 0 Å². The zero-order chi connectivity index (χ0) is 18.5. The molecule has 3 N–H and O–H groups in total. The number of nitrogens with one attached hydrogen (secondary N) is 2. The summed E-state index contributed by atoms with van der Waals surface area (Å²) in [6, 6.07) is 9.31. The summed E-state index contributed by atoms with van der Waals surface area (Å²) in [5, 5.41) is 15.4.